The van der Waals surface area contributed by atoms with Crippen LogP contribution in [0.15, 0.2) is 24.3 Å². The van der Waals surface area contributed by atoms with E-state index in [1.54, 1.807) is 0 Å². The van der Waals surface area contributed by atoms with Gasteiger partial charge in [-0.1, -0.05) is 12.1 Å². The highest BCUT2D eigenvalue weighted by molar-refractivity contribution is 7.50. The Labute approximate surface area is 83.7 Å². The number of hydrogen-bond acceptors (Lipinski definition) is 1. The lowest BCUT2D eigenvalue weighted by Gasteiger charge is -2.08. The fourth-order valence-electron chi connectivity index (χ4n) is 1.04. The van der Waals surface area contributed by atoms with E-state index in [1.807, 2.05) is 0 Å². The summed E-state index contributed by atoms with van der Waals surface area (Å²) in [4.78, 5) is 17.2. The molecule has 0 fully saturated rings. The maximum Gasteiger partial charge on any atom is 0.416 e. The Hall–Kier alpha value is -0.840. The van der Waals surface area contributed by atoms with E-state index in [4.69, 9.17) is 9.79 Å². The van der Waals surface area contributed by atoms with Crippen LogP contribution in [-0.4, -0.2) is 9.79 Å². The molecule has 0 aliphatic rings. The molecular weight excluding hydrogens is 232 g/mol. The third-order valence-electron chi connectivity index (χ3n) is 1.67. The van der Waals surface area contributed by atoms with E-state index < -0.39 is 25.5 Å². The summed E-state index contributed by atoms with van der Waals surface area (Å²) in [7, 11) is -4.22. The smallest absolute Gasteiger partial charge is 0.324 e. The zero-order chi connectivity index (χ0) is 11.7. The van der Waals surface area contributed by atoms with Crippen molar-refractivity contribution in [3.8, 4) is 0 Å². The summed E-state index contributed by atoms with van der Waals surface area (Å²) in [6.07, 6.45) is -4.98. The quantitative estimate of drug-likeness (QED) is 0.780. The maximum absolute atomic E-state index is 12.1. The fourth-order valence-corrected chi connectivity index (χ4v) is 1.72. The first-order valence-electron chi connectivity index (χ1n) is 3.89. The fraction of sp³-hybridized carbons (Fsp3) is 0.250. The number of hydrogen-bond donors (Lipinski definition) is 2. The van der Waals surface area contributed by atoms with E-state index in [-0.39, 0.29) is 5.56 Å². The predicted molar refractivity (Wildman–Crippen MR) is 47.2 cm³/mol. The summed E-state index contributed by atoms with van der Waals surface area (Å²) in [5, 5.41) is 0. The molecule has 0 bridgehead atoms. The van der Waals surface area contributed by atoms with E-state index in [0.717, 1.165) is 24.3 Å². The zero-order valence-corrected chi connectivity index (χ0v) is 8.29. The molecule has 7 heteroatoms. The number of rotatable bonds is 2. The average Bonchev–Trinajstić information content (AvgIpc) is 2.00. The minimum Gasteiger partial charge on any atom is -0.324 e. The first kappa shape index (κ1) is 12.2. The van der Waals surface area contributed by atoms with Crippen molar-refractivity contribution in [1.29, 1.82) is 0 Å². The summed E-state index contributed by atoms with van der Waals surface area (Å²) in [5.41, 5.74) is -0.659. The Morgan fingerprint density at radius 3 is 1.93 bits per heavy atom. The van der Waals surface area contributed by atoms with Crippen LogP contribution >= 0.6 is 7.60 Å². The van der Waals surface area contributed by atoms with Gasteiger partial charge in [0.25, 0.3) is 0 Å². The van der Waals surface area contributed by atoms with E-state index in [0.29, 0.717) is 0 Å². The molecule has 2 N–H and O–H groups in total. The molecule has 15 heavy (non-hydrogen) atoms. The summed E-state index contributed by atoms with van der Waals surface area (Å²) in [6.45, 7) is 0. The van der Waals surface area contributed by atoms with Crippen molar-refractivity contribution in [3.05, 3.63) is 35.4 Å². The third-order valence-corrected chi connectivity index (χ3v) is 2.45. The summed E-state index contributed by atoms with van der Waals surface area (Å²) in [6, 6.07) is 3.71. The standard InChI is InChI=1S/C8H8F3O3P/c9-8(10,11)7-3-1-6(2-4-7)5-15(12,13)14/h1-4H,5H2,(H2,12,13,14). The van der Waals surface area contributed by atoms with Crippen LogP contribution in [0, 0.1) is 0 Å². The molecule has 0 saturated heterocycles. The van der Waals surface area contributed by atoms with Crippen molar-refractivity contribution in [2.24, 2.45) is 0 Å². The Balaban J connectivity index is 2.87. The van der Waals surface area contributed by atoms with Gasteiger partial charge < -0.3 is 9.79 Å². The van der Waals surface area contributed by atoms with Gasteiger partial charge in [-0.25, -0.2) is 0 Å². The molecule has 1 aromatic rings. The molecule has 84 valence electrons. The Bertz CT molecular complexity index is 379. The van der Waals surface area contributed by atoms with Gasteiger partial charge in [-0.15, -0.1) is 0 Å². The second kappa shape index (κ2) is 3.96. The van der Waals surface area contributed by atoms with Crippen molar-refractivity contribution in [3.63, 3.8) is 0 Å². The molecular formula is C8H8F3O3P. The van der Waals surface area contributed by atoms with E-state index in [9.17, 15) is 17.7 Å². The number of alkyl halides is 3. The molecule has 1 rings (SSSR count). The van der Waals surface area contributed by atoms with Gasteiger partial charge in [0.1, 0.15) is 0 Å². The van der Waals surface area contributed by atoms with Crippen molar-refractivity contribution < 1.29 is 27.5 Å². The largest absolute Gasteiger partial charge is 0.416 e. The number of halogens is 3. The van der Waals surface area contributed by atoms with Crippen LogP contribution in [0.3, 0.4) is 0 Å². The minimum absolute atomic E-state index is 0.177. The van der Waals surface area contributed by atoms with E-state index >= 15 is 0 Å². The van der Waals surface area contributed by atoms with Gasteiger partial charge in [0.15, 0.2) is 0 Å². The zero-order valence-electron chi connectivity index (χ0n) is 7.40. The molecule has 0 amide bonds. The van der Waals surface area contributed by atoms with Gasteiger partial charge >= 0.3 is 13.8 Å². The molecule has 3 nitrogen and oxygen atoms in total. The first-order chi connectivity index (χ1) is 6.68. The number of benzene rings is 1. The van der Waals surface area contributed by atoms with E-state index in [1.165, 1.54) is 0 Å². The molecule has 1 aromatic carbocycles. The predicted octanol–water partition coefficient (Wildman–Crippen LogP) is 2.38. The highest BCUT2D eigenvalue weighted by atomic mass is 31.2. The summed E-state index contributed by atoms with van der Waals surface area (Å²) < 4.78 is 46.9. The lowest BCUT2D eigenvalue weighted by atomic mass is 10.1. The topological polar surface area (TPSA) is 57.5 Å². The Morgan fingerprint density at radius 2 is 1.60 bits per heavy atom. The molecule has 0 aliphatic heterocycles. The lowest BCUT2D eigenvalue weighted by molar-refractivity contribution is -0.137. The summed E-state index contributed by atoms with van der Waals surface area (Å²) in [5.74, 6) is 0. The van der Waals surface area contributed by atoms with Crippen LogP contribution in [0.4, 0.5) is 13.2 Å². The molecule has 0 aliphatic carbocycles. The van der Waals surface area contributed by atoms with Crippen LogP contribution in [0.1, 0.15) is 11.1 Å². The molecule has 0 spiro atoms. The highest BCUT2D eigenvalue weighted by Gasteiger charge is 2.30. The Kier molecular flexibility index (Phi) is 3.23. The van der Waals surface area contributed by atoms with Crippen LogP contribution in [-0.2, 0) is 16.9 Å². The molecule has 0 radical (unpaired) electrons. The van der Waals surface area contributed by atoms with Crippen molar-refractivity contribution >= 4 is 7.60 Å². The van der Waals surface area contributed by atoms with Crippen molar-refractivity contribution in [2.75, 3.05) is 0 Å². The van der Waals surface area contributed by atoms with Crippen molar-refractivity contribution in [1.82, 2.24) is 0 Å². The third kappa shape index (κ3) is 4.03. The molecule has 0 atom stereocenters. The maximum atomic E-state index is 12.1. The van der Waals surface area contributed by atoms with Crippen LogP contribution < -0.4 is 0 Å². The molecule has 0 saturated carbocycles. The molecule has 0 aromatic heterocycles. The minimum atomic E-state index is -4.43. The summed E-state index contributed by atoms with van der Waals surface area (Å²) >= 11 is 0. The van der Waals surface area contributed by atoms with Gasteiger partial charge in [-0.3, -0.25) is 4.57 Å². The SMILES string of the molecule is O=P(O)(O)Cc1ccc(C(F)(F)F)cc1. The van der Waals surface area contributed by atoms with Gasteiger partial charge in [-0.2, -0.15) is 13.2 Å². The lowest BCUT2D eigenvalue weighted by Crippen LogP contribution is -2.04. The van der Waals surface area contributed by atoms with Crippen LogP contribution in [0.5, 0.6) is 0 Å². The van der Waals surface area contributed by atoms with Gasteiger partial charge in [0.2, 0.25) is 0 Å². The second-order valence-electron chi connectivity index (χ2n) is 3.02. The van der Waals surface area contributed by atoms with Gasteiger partial charge in [0.05, 0.1) is 11.7 Å². The normalized spacial score (nSPS) is 12.9. The monoisotopic (exact) mass is 240 g/mol. The van der Waals surface area contributed by atoms with Crippen LogP contribution in [0.2, 0.25) is 0 Å². The van der Waals surface area contributed by atoms with Crippen LogP contribution in [0.25, 0.3) is 0 Å². The van der Waals surface area contributed by atoms with Crippen molar-refractivity contribution in [2.45, 2.75) is 12.3 Å². The first-order valence-corrected chi connectivity index (χ1v) is 5.69. The molecule has 0 unspecified atom stereocenters. The average molecular weight is 240 g/mol. The van der Waals surface area contributed by atoms with Gasteiger partial charge in [-0.05, 0) is 17.7 Å². The highest BCUT2D eigenvalue weighted by Crippen LogP contribution is 2.39. The van der Waals surface area contributed by atoms with E-state index in [2.05, 4.69) is 0 Å². The Morgan fingerprint density at radius 1 is 1.13 bits per heavy atom. The molecule has 0 heterocycles. The van der Waals surface area contributed by atoms with Gasteiger partial charge in [0, 0.05) is 0 Å². The second-order valence-corrected chi connectivity index (χ2v) is 4.66.